The molecule has 0 bridgehead atoms. The Morgan fingerprint density at radius 2 is 1.89 bits per heavy atom. The molecule has 0 radical (unpaired) electrons. The summed E-state index contributed by atoms with van der Waals surface area (Å²) in [6, 6.07) is 13.0. The highest BCUT2D eigenvalue weighted by atomic mass is 32.1. The lowest BCUT2D eigenvalue weighted by Gasteiger charge is -2.20. The van der Waals surface area contributed by atoms with Gasteiger partial charge < -0.3 is 19.7 Å². The minimum atomic E-state index is -0.199. The molecule has 2 amide bonds. The van der Waals surface area contributed by atoms with E-state index in [1.807, 2.05) is 48.7 Å². The number of aryl methyl sites for hydroxylation is 1. The Morgan fingerprint density at radius 1 is 1.14 bits per heavy atom. The summed E-state index contributed by atoms with van der Waals surface area (Å²) in [6.07, 6.45) is 0. The number of ether oxygens (including phenoxy) is 2. The van der Waals surface area contributed by atoms with E-state index >= 15 is 0 Å². The van der Waals surface area contributed by atoms with Crippen molar-refractivity contribution in [2.45, 2.75) is 13.5 Å². The van der Waals surface area contributed by atoms with E-state index in [0.29, 0.717) is 18.0 Å². The normalized spacial score (nSPS) is 10.4. The lowest BCUT2D eigenvalue weighted by molar-refractivity contribution is 0.220. The van der Waals surface area contributed by atoms with Crippen LogP contribution in [0.15, 0.2) is 47.8 Å². The number of methoxy groups -OCH3 is 2. The van der Waals surface area contributed by atoms with Crippen LogP contribution in [0.2, 0.25) is 0 Å². The van der Waals surface area contributed by atoms with Crippen molar-refractivity contribution in [3.05, 3.63) is 58.4 Å². The number of anilines is 1. The molecule has 3 rings (SSSR count). The molecule has 0 atom stereocenters. The van der Waals surface area contributed by atoms with Crippen molar-refractivity contribution in [1.82, 2.24) is 9.88 Å². The first kappa shape index (κ1) is 19.7. The number of urea groups is 1. The molecular weight excluding hydrogens is 374 g/mol. The summed E-state index contributed by atoms with van der Waals surface area (Å²) in [7, 11) is 4.95. The Hall–Kier alpha value is -3.06. The molecule has 6 nitrogen and oxygen atoms in total. The number of carbonyl (C=O) groups is 1. The second-order valence-corrected chi connectivity index (χ2v) is 7.36. The maximum Gasteiger partial charge on any atom is 0.321 e. The van der Waals surface area contributed by atoms with E-state index in [-0.39, 0.29) is 6.03 Å². The zero-order valence-corrected chi connectivity index (χ0v) is 17.2. The number of amides is 2. The van der Waals surface area contributed by atoms with Crippen molar-refractivity contribution in [3.63, 3.8) is 0 Å². The van der Waals surface area contributed by atoms with E-state index in [1.165, 1.54) is 0 Å². The Bertz CT molecular complexity index is 954. The third-order valence-corrected chi connectivity index (χ3v) is 5.07. The SMILES string of the molecule is COc1ccc(CN(C)C(=O)Nc2ccc(-c3csc(C)n3)cc2)c(OC)c1. The topological polar surface area (TPSA) is 63.7 Å². The van der Waals surface area contributed by atoms with Crippen molar-refractivity contribution >= 4 is 23.1 Å². The molecule has 2 aromatic carbocycles. The summed E-state index contributed by atoms with van der Waals surface area (Å²) < 4.78 is 10.6. The van der Waals surface area contributed by atoms with Gasteiger partial charge in [-0.1, -0.05) is 12.1 Å². The molecule has 7 heteroatoms. The number of nitrogens with one attached hydrogen (secondary N) is 1. The first-order valence-corrected chi connectivity index (χ1v) is 9.63. The number of hydrogen-bond donors (Lipinski definition) is 1. The van der Waals surface area contributed by atoms with Gasteiger partial charge >= 0.3 is 6.03 Å². The quantitative estimate of drug-likeness (QED) is 0.649. The van der Waals surface area contributed by atoms with Gasteiger partial charge in [0.15, 0.2) is 0 Å². The fraction of sp³-hybridized carbons (Fsp3) is 0.238. The van der Waals surface area contributed by atoms with Gasteiger partial charge in [0.25, 0.3) is 0 Å². The second-order valence-electron chi connectivity index (χ2n) is 6.29. The number of benzene rings is 2. The number of carbonyl (C=O) groups excluding carboxylic acids is 1. The van der Waals surface area contributed by atoms with Crippen LogP contribution in [0.4, 0.5) is 10.5 Å². The minimum absolute atomic E-state index is 0.199. The van der Waals surface area contributed by atoms with Crippen molar-refractivity contribution < 1.29 is 14.3 Å². The number of rotatable bonds is 6. The molecule has 0 spiro atoms. The highest BCUT2D eigenvalue weighted by Crippen LogP contribution is 2.26. The first-order valence-electron chi connectivity index (χ1n) is 8.75. The summed E-state index contributed by atoms with van der Waals surface area (Å²) >= 11 is 1.62. The molecule has 146 valence electrons. The highest BCUT2D eigenvalue weighted by molar-refractivity contribution is 7.09. The standard InChI is InChI=1S/C21H23N3O3S/c1-14-22-19(13-28-14)15-5-8-17(9-6-15)23-21(25)24(2)12-16-7-10-18(26-3)11-20(16)27-4/h5-11,13H,12H2,1-4H3,(H,23,25). The highest BCUT2D eigenvalue weighted by Gasteiger charge is 2.13. The lowest BCUT2D eigenvalue weighted by atomic mass is 10.1. The lowest BCUT2D eigenvalue weighted by Crippen LogP contribution is -2.30. The summed E-state index contributed by atoms with van der Waals surface area (Å²) in [6.45, 7) is 2.39. The average molecular weight is 398 g/mol. The maximum absolute atomic E-state index is 12.5. The molecule has 0 saturated carbocycles. The fourth-order valence-corrected chi connectivity index (χ4v) is 3.37. The van der Waals surface area contributed by atoms with E-state index in [4.69, 9.17) is 9.47 Å². The average Bonchev–Trinajstić information content (AvgIpc) is 3.15. The molecule has 1 heterocycles. The molecule has 28 heavy (non-hydrogen) atoms. The van der Waals surface area contributed by atoms with Gasteiger partial charge in [0, 0.05) is 35.3 Å². The molecule has 0 aliphatic rings. The van der Waals surface area contributed by atoms with Crippen LogP contribution in [0.25, 0.3) is 11.3 Å². The van der Waals surface area contributed by atoms with E-state index in [0.717, 1.165) is 27.5 Å². The van der Waals surface area contributed by atoms with Crippen LogP contribution < -0.4 is 14.8 Å². The molecule has 0 aliphatic heterocycles. The Balaban J connectivity index is 1.64. The molecule has 1 aromatic heterocycles. The zero-order valence-electron chi connectivity index (χ0n) is 16.4. The molecule has 0 unspecified atom stereocenters. The third kappa shape index (κ3) is 4.61. The van der Waals surface area contributed by atoms with Crippen LogP contribution in [0, 0.1) is 6.92 Å². The molecule has 1 N–H and O–H groups in total. The van der Waals surface area contributed by atoms with Gasteiger partial charge in [-0.25, -0.2) is 9.78 Å². The summed E-state index contributed by atoms with van der Waals surface area (Å²) in [5.74, 6) is 1.39. The van der Waals surface area contributed by atoms with Gasteiger partial charge in [-0.2, -0.15) is 0 Å². The largest absolute Gasteiger partial charge is 0.497 e. The van der Waals surface area contributed by atoms with Crippen LogP contribution in [0.1, 0.15) is 10.6 Å². The Labute approximate surface area is 168 Å². The number of nitrogens with zero attached hydrogens (tertiary/aromatic N) is 2. The smallest absolute Gasteiger partial charge is 0.321 e. The van der Waals surface area contributed by atoms with Crippen LogP contribution in [-0.2, 0) is 6.54 Å². The summed E-state index contributed by atoms with van der Waals surface area (Å²) in [5.41, 5.74) is 3.60. The number of aromatic nitrogens is 1. The van der Waals surface area contributed by atoms with Crippen LogP contribution in [0.5, 0.6) is 11.5 Å². The number of thiazole rings is 1. The third-order valence-electron chi connectivity index (χ3n) is 4.30. The fourth-order valence-electron chi connectivity index (χ4n) is 2.75. The Morgan fingerprint density at radius 3 is 2.50 bits per heavy atom. The van der Waals surface area contributed by atoms with Gasteiger partial charge in [0.05, 0.1) is 31.5 Å². The first-order chi connectivity index (χ1) is 13.5. The van der Waals surface area contributed by atoms with Crippen LogP contribution in [-0.4, -0.2) is 37.2 Å². The predicted molar refractivity (Wildman–Crippen MR) is 112 cm³/mol. The van der Waals surface area contributed by atoms with Crippen LogP contribution >= 0.6 is 11.3 Å². The van der Waals surface area contributed by atoms with E-state index in [9.17, 15) is 4.79 Å². The van der Waals surface area contributed by atoms with Gasteiger partial charge in [-0.05, 0) is 31.2 Å². The van der Waals surface area contributed by atoms with Gasteiger partial charge in [-0.3, -0.25) is 0 Å². The van der Waals surface area contributed by atoms with Crippen LogP contribution in [0.3, 0.4) is 0 Å². The number of hydrogen-bond acceptors (Lipinski definition) is 5. The second kappa shape index (κ2) is 8.75. The van der Waals surface area contributed by atoms with Crippen molar-refractivity contribution in [2.24, 2.45) is 0 Å². The maximum atomic E-state index is 12.5. The van der Waals surface area contributed by atoms with Crippen molar-refractivity contribution in [3.8, 4) is 22.8 Å². The van der Waals surface area contributed by atoms with E-state index < -0.39 is 0 Å². The molecule has 0 fully saturated rings. The summed E-state index contributed by atoms with van der Waals surface area (Å²) in [5, 5.41) is 5.97. The molecular formula is C21H23N3O3S. The molecule has 0 saturated heterocycles. The van der Waals surface area contributed by atoms with E-state index in [2.05, 4.69) is 10.3 Å². The molecule has 0 aliphatic carbocycles. The minimum Gasteiger partial charge on any atom is -0.497 e. The molecule has 3 aromatic rings. The van der Waals surface area contributed by atoms with Gasteiger partial charge in [-0.15, -0.1) is 11.3 Å². The predicted octanol–water partition coefficient (Wildman–Crippen LogP) is 4.80. The van der Waals surface area contributed by atoms with Gasteiger partial charge in [0.2, 0.25) is 0 Å². The summed E-state index contributed by atoms with van der Waals surface area (Å²) in [4.78, 5) is 18.6. The Kier molecular flexibility index (Phi) is 6.16. The monoisotopic (exact) mass is 397 g/mol. The van der Waals surface area contributed by atoms with Crippen molar-refractivity contribution in [1.29, 1.82) is 0 Å². The van der Waals surface area contributed by atoms with E-state index in [1.54, 1.807) is 43.6 Å². The zero-order chi connectivity index (χ0) is 20.1. The van der Waals surface area contributed by atoms with Gasteiger partial charge in [0.1, 0.15) is 11.5 Å². The van der Waals surface area contributed by atoms with Crippen molar-refractivity contribution in [2.75, 3.05) is 26.6 Å².